The minimum absolute atomic E-state index is 0.194. The maximum Gasteiger partial charge on any atom is 0.343 e. The van der Waals surface area contributed by atoms with Crippen molar-refractivity contribution < 1.29 is 19.0 Å². The summed E-state index contributed by atoms with van der Waals surface area (Å²) in [6.45, 7) is -0.194. The molecule has 1 aromatic heterocycles. The molecule has 0 saturated heterocycles. The first-order valence-electron chi connectivity index (χ1n) is 13.9. The van der Waals surface area contributed by atoms with Crippen LogP contribution in [0.1, 0.15) is 10.4 Å². The summed E-state index contributed by atoms with van der Waals surface area (Å²) in [6.07, 6.45) is 0.890. The van der Waals surface area contributed by atoms with Crippen LogP contribution in [0.5, 0.6) is 11.5 Å². The highest BCUT2D eigenvalue weighted by Gasteiger charge is 2.18. The van der Waals surface area contributed by atoms with Crippen molar-refractivity contribution in [3.63, 3.8) is 0 Å². The Hall–Kier alpha value is -4.39. The summed E-state index contributed by atoms with van der Waals surface area (Å²) in [7, 11) is 2.99. The van der Waals surface area contributed by atoms with E-state index in [2.05, 4.69) is 101 Å². The van der Waals surface area contributed by atoms with Crippen LogP contribution in [0.15, 0.2) is 120 Å². The average Bonchev–Trinajstić information content (AvgIpc) is 3.42. The molecule has 6 heteroatoms. The predicted molar refractivity (Wildman–Crippen MR) is 179 cm³/mol. The van der Waals surface area contributed by atoms with Crippen molar-refractivity contribution in [2.75, 3.05) is 20.8 Å². The Labute approximate surface area is 263 Å². The third-order valence-corrected chi connectivity index (χ3v) is 9.13. The summed E-state index contributed by atoms with van der Waals surface area (Å²) >= 11 is 5.57. The SMILES string of the molecule is COC(=O)COc1c(Br)cc(-c2ccc(-c3c(Cc4ccccc4)sc4ccccc34)cc2)cc1-c1cccc(OC)c1. The standard InChI is InChI=1S/C37H29BrO4S/c1-40-29-12-8-11-27(20-29)31-21-28(22-32(38)37(31)42-23-35(39)41-2)25-15-17-26(18-16-25)36-30-13-6-7-14-33(30)43-34(36)19-24-9-4-3-5-10-24/h3-18,20-22H,19,23H2,1-2H3. The number of methoxy groups -OCH3 is 2. The first-order chi connectivity index (χ1) is 21.0. The molecule has 0 aliphatic carbocycles. The van der Waals surface area contributed by atoms with E-state index in [-0.39, 0.29) is 6.61 Å². The van der Waals surface area contributed by atoms with Crippen molar-refractivity contribution in [1.29, 1.82) is 0 Å². The molecule has 43 heavy (non-hydrogen) atoms. The van der Waals surface area contributed by atoms with Crippen LogP contribution in [0.3, 0.4) is 0 Å². The maximum atomic E-state index is 11.9. The number of ether oxygens (including phenoxy) is 3. The van der Waals surface area contributed by atoms with Crippen molar-refractivity contribution in [2.24, 2.45) is 0 Å². The zero-order valence-corrected chi connectivity index (χ0v) is 26.2. The molecule has 4 nitrogen and oxygen atoms in total. The van der Waals surface area contributed by atoms with E-state index in [0.29, 0.717) is 5.75 Å². The fourth-order valence-electron chi connectivity index (χ4n) is 5.25. The molecule has 0 saturated carbocycles. The van der Waals surface area contributed by atoms with E-state index in [4.69, 9.17) is 14.2 Å². The Kier molecular flexibility index (Phi) is 8.59. The number of thiophene rings is 1. The molecule has 5 aromatic carbocycles. The van der Waals surface area contributed by atoms with Crippen LogP contribution >= 0.6 is 27.3 Å². The molecule has 6 aromatic rings. The number of halogens is 1. The van der Waals surface area contributed by atoms with Gasteiger partial charge in [0, 0.05) is 32.5 Å². The van der Waals surface area contributed by atoms with Crippen LogP contribution in [0.4, 0.5) is 0 Å². The third kappa shape index (κ3) is 6.21. The largest absolute Gasteiger partial charge is 0.497 e. The number of fused-ring (bicyclic) bond motifs is 1. The second-order valence-electron chi connectivity index (χ2n) is 10.1. The van der Waals surface area contributed by atoms with E-state index < -0.39 is 5.97 Å². The predicted octanol–water partition coefficient (Wildman–Crippen LogP) is 9.82. The number of rotatable bonds is 9. The van der Waals surface area contributed by atoms with Crippen LogP contribution in [-0.4, -0.2) is 26.8 Å². The second-order valence-corrected chi connectivity index (χ2v) is 12.1. The minimum Gasteiger partial charge on any atom is -0.497 e. The Bertz CT molecular complexity index is 1890. The van der Waals surface area contributed by atoms with E-state index in [1.54, 1.807) is 7.11 Å². The van der Waals surface area contributed by atoms with Gasteiger partial charge in [0.2, 0.25) is 0 Å². The zero-order chi connectivity index (χ0) is 29.8. The van der Waals surface area contributed by atoms with Crippen LogP contribution in [0.25, 0.3) is 43.5 Å². The van der Waals surface area contributed by atoms with Crippen molar-refractivity contribution in [3.05, 3.63) is 130 Å². The Morgan fingerprint density at radius 2 is 1.49 bits per heavy atom. The van der Waals surface area contributed by atoms with Gasteiger partial charge in [-0.3, -0.25) is 0 Å². The molecule has 0 spiro atoms. The fraction of sp³-hybridized carbons (Fsp3) is 0.108. The topological polar surface area (TPSA) is 44.8 Å². The van der Waals surface area contributed by atoms with Crippen LogP contribution in [-0.2, 0) is 16.0 Å². The van der Waals surface area contributed by atoms with Gasteiger partial charge >= 0.3 is 5.97 Å². The number of benzene rings is 5. The first-order valence-corrected chi connectivity index (χ1v) is 15.5. The molecule has 6 rings (SSSR count). The van der Waals surface area contributed by atoms with Gasteiger partial charge in [-0.15, -0.1) is 11.3 Å². The monoisotopic (exact) mass is 648 g/mol. The highest BCUT2D eigenvalue weighted by Crippen LogP contribution is 2.43. The van der Waals surface area contributed by atoms with Gasteiger partial charge in [0.15, 0.2) is 6.61 Å². The second kappa shape index (κ2) is 12.9. The number of hydrogen-bond donors (Lipinski definition) is 0. The number of carbonyl (C=O) groups excluding carboxylic acids is 1. The highest BCUT2D eigenvalue weighted by atomic mass is 79.9. The van der Waals surface area contributed by atoms with Gasteiger partial charge in [0.1, 0.15) is 11.5 Å². The lowest BCUT2D eigenvalue weighted by molar-refractivity contribution is -0.142. The van der Waals surface area contributed by atoms with Gasteiger partial charge in [-0.25, -0.2) is 4.79 Å². The Balaban J connectivity index is 1.40. The minimum atomic E-state index is -0.448. The van der Waals surface area contributed by atoms with Crippen molar-refractivity contribution in [1.82, 2.24) is 0 Å². The van der Waals surface area contributed by atoms with Gasteiger partial charge in [-0.05, 0) is 74.1 Å². The fourth-order valence-corrected chi connectivity index (χ4v) is 7.09. The highest BCUT2D eigenvalue weighted by molar-refractivity contribution is 9.10. The molecule has 214 valence electrons. The lowest BCUT2D eigenvalue weighted by atomic mass is 9.95. The number of esters is 1. The van der Waals surface area contributed by atoms with Crippen molar-refractivity contribution in [2.45, 2.75) is 6.42 Å². The third-order valence-electron chi connectivity index (χ3n) is 7.37. The van der Waals surface area contributed by atoms with E-state index in [1.165, 1.54) is 38.8 Å². The number of carbonyl (C=O) groups is 1. The molecule has 0 aliphatic rings. The van der Waals surface area contributed by atoms with Crippen molar-refractivity contribution in [3.8, 4) is 44.9 Å². The summed E-state index contributed by atoms with van der Waals surface area (Å²) in [6, 6.07) is 39.9. The zero-order valence-electron chi connectivity index (χ0n) is 23.8. The molecule has 0 aliphatic heterocycles. The van der Waals surface area contributed by atoms with Gasteiger partial charge in [0.25, 0.3) is 0 Å². The van der Waals surface area contributed by atoms with Gasteiger partial charge in [-0.2, -0.15) is 0 Å². The first kappa shape index (κ1) is 28.7. The Morgan fingerprint density at radius 3 is 2.26 bits per heavy atom. The van der Waals surface area contributed by atoms with E-state index in [1.807, 2.05) is 41.7 Å². The lowest BCUT2D eigenvalue weighted by Gasteiger charge is -2.16. The summed E-state index contributed by atoms with van der Waals surface area (Å²) in [5, 5.41) is 1.28. The smallest absolute Gasteiger partial charge is 0.343 e. The molecule has 0 amide bonds. The molecular formula is C37H29BrO4S. The molecule has 0 unspecified atom stereocenters. The Morgan fingerprint density at radius 1 is 0.744 bits per heavy atom. The average molecular weight is 650 g/mol. The quantitative estimate of drug-likeness (QED) is 0.146. The van der Waals surface area contributed by atoms with Crippen LogP contribution in [0, 0.1) is 0 Å². The van der Waals surface area contributed by atoms with Crippen LogP contribution in [0.2, 0.25) is 0 Å². The molecule has 1 heterocycles. The summed E-state index contributed by atoms with van der Waals surface area (Å²) < 4.78 is 18.3. The van der Waals surface area contributed by atoms with E-state index in [9.17, 15) is 4.79 Å². The molecular weight excluding hydrogens is 620 g/mol. The van der Waals surface area contributed by atoms with Gasteiger partial charge < -0.3 is 14.2 Å². The number of hydrogen-bond acceptors (Lipinski definition) is 5. The summed E-state index contributed by atoms with van der Waals surface area (Å²) in [5.74, 6) is 0.849. The summed E-state index contributed by atoms with van der Waals surface area (Å²) in [4.78, 5) is 13.2. The van der Waals surface area contributed by atoms with Crippen LogP contribution < -0.4 is 9.47 Å². The molecule has 0 N–H and O–H groups in total. The van der Waals surface area contributed by atoms with Crippen molar-refractivity contribution >= 4 is 43.3 Å². The lowest BCUT2D eigenvalue weighted by Crippen LogP contribution is -2.13. The summed E-state index contributed by atoms with van der Waals surface area (Å²) in [5.41, 5.74) is 7.62. The molecule has 0 atom stereocenters. The molecule has 0 fully saturated rings. The van der Waals surface area contributed by atoms with E-state index >= 15 is 0 Å². The van der Waals surface area contributed by atoms with E-state index in [0.717, 1.165) is 38.9 Å². The van der Waals surface area contributed by atoms with Gasteiger partial charge in [0.05, 0.1) is 18.7 Å². The van der Waals surface area contributed by atoms with Gasteiger partial charge in [-0.1, -0.05) is 84.9 Å². The normalized spacial score (nSPS) is 11.0. The molecule has 0 bridgehead atoms. The molecule has 0 radical (unpaired) electrons. The maximum absolute atomic E-state index is 11.9.